The normalized spacial score (nSPS) is 17.2. The van der Waals surface area contributed by atoms with E-state index < -0.39 is 16.1 Å². The maximum absolute atomic E-state index is 12.4. The summed E-state index contributed by atoms with van der Waals surface area (Å²) in [6.07, 6.45) is -0.582. The lowest BCUT2D eigenvalue weighted by atomic mass is 10.2. The van der Waals surface area contributed by atoms with Gasteiger partial charge in [-0.25, -0.2) is 8.42 Å². The molecule has 23 heavy (non-hydrogen) atoms. The first kappa shape index (κ1) is 15.4. The molecule has 1 atom stereocenters. The van der Waals surface area contributed by atoms with Crippen molar-refractivity contribution in [1.29, 1.82) is 0 Å². The molecule has 0 saturated heterocycles. The number of anilines is 2. The lowest BCUT2D eigenvalue weighted by Gasteiger charge is -2.23. The van der Waals surface area contributed by atoms with Gasteiger partial charge >= 0.3 is 0 Å². The van der Waals surface area contributed by atoms with E-state index in [2.05, 4.69) is 10.0 Å². The average molecular weight is 336 g/mol. The molecule has 2 aromatic rings. The Morgan fingerprint density at radius 3 is 2.61 bits per heavy atom. The molecule has 3 rings (SSSR count). The molecular weight excluding hydrogens is 320 g/mol. The smallest absolute Gasteiger partial charge is 0.265 e. The Kier molecular flexibility index (Phi) is 3.56. The molecule has 0 saturated carbocycles. The van der Waals surface area contributed by atoms with Crippen molar-refractivity contribution >= 4 is 27.3 Å². The number of amides is 1. The lowest BCUT2D eigenvalue weighted by Crippen LogP contribution is -2.34. The summed E-state index contributed by atoms with van der Waals surface area (Å²) in [5.74, 6) is 1.05. The van der Waals surface area contributed by atoms with E-state index in [1.807, 2.05) is 0 Å². The minimum atomic E-state index is -3.77. The summed E-state index contributed by atoms with van der Waals surface area (Å²) < 4.78 is 38.0. The van der Waals surface area contributed by atoms with E-state index in [1.165, 1.54) is 12.1 Å². The Morgan fingerprint density at radius 1 is 1.22 bits per heavy atom. The number of carbonyl (C=O) groups is 1. The molecule has 1 amide bonds. The Morgan fingerprint density at radius 2 is 1.96 bits per heavy atom. The van der Waals surface area contributed by atoms with Crippen LogP contribution in [0.5, 0.6) is 5.75 Å². The molecule has 0 aliphatic carbocycles. The van der Waals surface area contributed by atoms with E-state index in [9.17, 15) is 13.2 Å². The number of benzene rings is 1. The summed E-state index contributed by atoms with van der Waals surface area (Å²) in [7, 11) is -3.77. The van der Waals surface area contributed by atoms with Crippen molar-refractivity contribution in [1.82, 2.24) is 0 Å². The number of ether oxygens (including phenoxy) is 1. The largest absolute Gasteiger partial charge is 0.479 e. The van der Waals surface area contributed by atoms with Gasteiger partial charge in [-0.15, -0.1) is 0 Å². The predicted molar refractivity (Wildman–Crippen MR) is 84.2 cm³/mol. The molecule has 7 nitrogen and oxygen atoms in total. The highest BCUT2D eigenvalue weighted by molar-refractivity contribution is 7.92. The summed E-state index contributed by atoms with van der Waals surface area (Å²) in [4.78, 5) is 11.7. The van der Waals surface area contributed by atoms with Gasteiger partial charge in [0.2, 0.25) is 0 Å². The summed E-state index contributed by atoms with van der Waals surface area (Å²) in [5.41, 5.74) is 0.744. The molecule has 0 bridgehead atoms. The lowest BCUT2D eigenvalue weighted by molar-refractivity contribution is -0.122. The summed E-state index contributed by atoms with van der Waals surface area (Å²) in [6.45, 7) is 4.90. The Balaban J connectivity index is 1.91. The molecule has 2 N–H and O–H groups in total. The van der Waals surface area contributed by atoms with Crippen LogP contribution in [0.15, 0.2) is 33.6 Å². The van der Waals surface area contributed by atoms with Gasteiger partial charge in [0.25, 0.3) is 15.9 Å². The second-order valence-corrected chi connectivity index (χ2v) is 6.99. The first-order valence-electron chi connectivity index (χ1n) is 6.98. The number of sulfonamides is 1. The molecule has 8 heteroatoms. The van der Waals surface area contributed by atoms with Crippen LogP contribution < -0.4 is 14.8 Å². The molecule has 0 spiro atoms. The first-order chi connectivity index (χ1) is 10.8. The molecular formula is C15H16N2O5S. The summed E-state index contributed by atoms with van der Waals surface area (Å²) >= 11 is 0. The van der Waals surface area contributed by atoms with Crippen molar-refractivity contribution in [2.24, 2.45) is 0 Å². The van der Waals surface area contributed by atoms with Gasteiger partial charge in [-0.1, -0.05) is 0 Å². The van der Waals surface area contributed by atoms with Crippen LogP contribution in [0, 0.1) is 13.8 Å². The van der Waals surface area contributed by atoms with Gasteiger partial charge in [0.1, 0.15) is 22.2 Å². The fourth-order valence-corrected chi connectivity index (χ4v) is 3.65. The number of hydrogen-bond donors (Lipinski definition) is 2. The topological polar surface area (TPSA) is 97.6 Å². The van der Waals surface area contributed by atoms with Crippen LogP contribution in [-0.2, 0) is 14.8 Å². The zero-order chi connectivity index (χ0) is 16.8. The van der Waals surface area contributed by atoms with Crippen molar-refractivity contribution in [3.63, 3.8) is 0 Å². The quantitative estimate of drug-likeness (QED) is 0.897. The molecule has 122 valence electrons. The van der Waals surface area contributed by atoms with Crippen molar-refractivity contribution < 1.29 is 22.4 Å². The van der Waals surface area contributed by atoms with Crippen LogP contribution in [0.1, 0.15) is 18.4 Å². The molecule has 1 aliphatic rings. The molecule has 0 radical (unpaired) electrons. The third-order valence-corrected chi connectivity index (χ3v) is 4.94. The Labute approximate surface area is 133 Å². The Hall–Kier alpha value is -2.48. The second-order valence-electron chi connectivity index (χ2n) is 5.34. The zero-order valence-corrected chi connectivity index (χ0v) is 13.7. The monoisotopic (exact) mass is 336 g/mol. The fourth-order valence-electron chi connectivity index (χ4n) is 2.36. The van der Waals surface area contributed by atoms with Gasteiger partial charge in [0.15, 0.2) is 6.10 Å². The molecule has 1 aliphatic heterocycles. The van der Waals surface area contributed by atoms with Gasteiger partial charge in [0, 0.05) is 6.07 Å². The average Bonchev–Trinajstić information content (AvgIpc) is 2.80. The molecule has 1 aromatic heterocycles. The van der Waals surface area contributed by atoms with Gasteiger partial charge in [0.05, 0.1) is 11.4 Å². The SMILES string of the molecule is Cc1cc(S(=O)(=O)Nc2ccc3c(c2)NC(=O)[C@H](C)O3)c(C)o1. The highest BCUT2D eigenvalue weighted by atomic mass is 32.2. The second kappa shape index (κ2) is 5.31. The van der Waals surface area contributed by atoms with E-state index in [1.54, 1.807) is 32.9 Å². The highest BCUT2D eigenvalue weighted by Crippen LogP contribution is 2.33. The van der Waals surface area contributed by atoms with Crippen molar-refractivity contribution in [3.8, 4) is 5.75 Å². The van der Waals surface area contributed by atoms with Crippen molar-refractivity contribution in [2.45, 2.75) is 31.8 Å². The van der Waals surface area contributed by atoms with E-state index in [0.717, 1.165) is 0 Å². The maximum Gasteiger partial charge on any atom is 0.265 e. The standard InChI is InChI=1S/C15H16N2O5S/c1-8-6-14(9(2)21-8)23(19,20)17-11-4-5-13-12(7-11)16-15(18)10(3)22-13/h4-7,10,17H,1-3H3,(H,16,18)/t10-/m0/s1. The van der Waals surface area contributed by atoms with Crippen molar-refractivity contribution in [2.75, 3.05) is 10.0 Å². The number of hydrogen-bond acceptors (Lipinski definition) is 5. The van der Waals surface area contributed by atoms with Crippen LogP contribution in [-0.4, -0.2) is 20.4 Å². The highest BCUT2D eigenvalue weighted by Gasteiger charge is 2.25. The number of fused-ring (bicyclic) bond motifs is 1. The minimum Gasteiger partial charge on any atom is -0.479 e. The number of rotatable bonds is 3. The predicted octanol–water partition coefficient (Wildman–Crippen LogP) is 2.42. The molecule has 1 aromatic carbocycles. The summed E-state index contributed by atoms with van der Waals surface area (Å²) in [5, 5.41) is 2.67. The number of furan rings is 1. The van der Waals surface area contributed by atoms with E-state index >= 15 is 0 Å². The molecule has 2 heterocycles. The van der Waals surface area contributed by atoms with Crippen LogP contribution >= 0.6 is 0 Å². The summed E-state index contributed by atoms with van der Waals surface area (Å²) in [6, 6.07) is 6.15. The Bertz CT molecular complexity index is 885. The fraction of sp³-hybridized carbons (Fsp3) is 0.267. The van der Waals surface area contributed by atoms with Crippen LogP contribution in [0.4, 0.5) is 11.4 Å². The molecule has 0 unspecified atom stereocenters. The van der Waals surface area contributed by atoms with Crippen LogP contribution in [0.2, 0.25) is 0 Å². The van der Waals surface area contributed by atoms with Crippen molar-refractivity contribution in [3.05, 3.63) is 35.8 Å². The van der Waals surface area contributed by atoms with Gasteiger partial charge < -0.3 is 14.5 Å². The maximum atomic E-state index is 12.4. The van der Waals surface area contributed by atoms with E-state index in [-0.39, 0.29) is 10.8 Å². The van der Waals surface area contributed by atoms with Gasteiger partial charge in [-0.05, 0) is 39.0 Å². The van der Waals surface area contributed by atoms with Gasteiger partial charge in [-0.2, -0.15) is 0 Å². The third-order valence-electron chi connectivity index (χ3n) is 3.45. The van der Waals surface area contributed by atoms with Crippen LogP contribution in [0.3, 0.4) is 0 Å². The van der Waals surface area contributed by atoms with Gasteiger partial charge in [-0.3, -0.25) is 9.52 Å². The number of carbonyl (C=O) groups excluding carboxylic acids is 1. The number of nitrogens with one attached hydrogen (secondary N) is 2. The zero-order valence-electron chi connectivity index (χ0n) is 12.8. The minimum absolute atomic E-state index is 0.0848. The third kappa shape index (κ3) is 2.89. The van der Waals surface area contributed by atoms with E-state index in [0.29, 0.717) is 28.6 Å². The first-order valence-corrected chi connectivity index (χ1v) is 8.46. The van der Waals surface area contributed by atoms with Crippen LogP contribution in [0.25, 0.3) is 0 Å². The molecule has 0 fully saturated rings. The van der Waals surface area contributed by atoms with E-state index in [4.69, 9.17) is 9.15 Å². The number of aryl methyl sites for hydroxylation is 2.